The highest BCUT2D eigenvalue weighted by Crippen LogP contribution is 2.28. The quantitative estimate of drug-likeness (QED) is 0.866. The van der Waals surface area contributed by atoms with E-state index in [2.05, 4.69) is 21.2 Å². The van der Waals surface area contributed by atoms with E-state index in [9.17, 15) is 9.59 Å². The van der Waals surface area contributed by atoms with Crippen LogP contribution in [0.15, 0.2) is 28.7 Å². The number of hydrogen-bond acceptors (Lipinski definition) is 3. The van der Waals surface area contributed by atoms with Crippen LogP contribution in [0, 0.1) is 5.92 Å². The molecule has 22 heavy (non-hydrogen) atoms. The first-order valence-electron chi connectivity index (χ1n) is 7.70. The summed E-state index contributed by atoms with van der Waals surface area (Å²) in [5.41, 5.74) is 0.854. The molecule has 2 fully saturated rings. The first-order valence-corrected chi connectivity index (χ1v) is 8.50. The van der Waals surface area contributed by atoms with E-state index in [0.717, 1.165) is 42.8 Å². The highest BCUT2D eigenvalue weighted by molar-refractivity contribution is 9.10. The van der Waals surface area contributed by atoms with Gasteiger partial charge >= 0.3 is 0 Å². The van der Waals surface area contributed by atoms with Gasteiger partial charge in [-0.3, -0.25) is 9.59 Å². The van der Waals surface area contributed by atoms with Crippen LogP contribution in [0.2, 0.25) is 0 Å². The Morgan fingerprint density at radius 2 is 2.14 bits per heavy atom. The van der Waals surface area contributed by atoms with E-state index in [-0.39, 0.29) is 17.7 Å². The van der Waals surface area contributed by atoms with Crippen LogP contribution in [0.3, 0.4) is 0 Å². The van der Waals surface area contributed by atoms with E-state index in [1.165, 1.54) is 0 Å². The predicted molar refractivity (Wildman–Crippen MR) is 88.7 cm³/mol. The van der Waals surface area contributed by atoms with Crippen molar-refractivity contribution >= 4 is 33.4 Å². The van der Waals surface area contributed by atoms with Crippen LogP contribution in [-0.2, 0) is 9.59 Å². The van der Waals surface area contributed by atoms with Crippen molar-refractivity contribution in [2.75, 3.05) is 37.6 Å². The van der Waals surface area contributed by atoms with E-state index in [0.29, 0.717) is 13.0 Å². The predicted octanol–water partition coefficient (Wildman–Crippen LogP) is 1.62. The van der Waals surface area contributed by atoms with E-state index >= 15 is 0 Å². The summed E-state index contributed by atoms with van der Waals surface area (Å²) in [4.78, 5) is 28.6. The molecule has 0 radical (unpaired) electrons. The number of halogens is 1. The van der Waals surface area contributed by atoms with E-state index in [1.807, 2.05) is 29.2 Å². The van der Waals surface area contributed by atoms with Gasteiger partial charge in [0.05, 0.1) is 5.92 Å². The van der Waals surface area contributed by atoms with Crippen LogP contribution >= 0.6 is 15.9 Å². The van der Waals surface area contributed by atoms with Gasteiger partial charge in [0.25, 0.3) is 0 Å². The molecule has 0 saturated carbocycles. The average molecular weight is 366 g/mol. The van der Waals surface area contributed by atoms with Gasteiger partial charge < -0.3 is 15.1 Å². The maximum atomic E-state index is 12.7. The minimum absolute atomic E-state index is 0.0318. The third kappa shape index (κ3) is 3.33. The number of nitrogens with zero attached hydrogens (tertiary/aromatic N) is 2. The fraction of sp³-hybridized carbons (Fsp3) is 0.500. The second-order valence-corrected chi connectivity index (χ2v) is 6.73. The van der Waals surface area contributed by atoms with Gasteiger partial charge in [0.15, 0.2) is 0 Å². The molecule has 0 aromatic heterocycles. The number of hydrogen-bond donors (Lipinski definition) is 1. The van der Waals surface area contributed by atoms with Crippen molar-refractivity contribution in [3.05, 3.63) is 28.7 Å². The molecule has 0 aliphatic carbocycles. The third-order valence-corrected chi connectivity index (χ3v) is 4.74. The number of benzene rings is 1. The number of carbonyl (C=O) groups excluding carboxylic acids is 2. The van der Waals surface area contributed by atoms with Gasteiger partial charge in [-0.25, -0.2) is 0 Å². The highest BCUT2D eigenvalue weighted by Gasteiger charge is 2.37. The zero-order chi connectivity index (χ0) is 15.5. The van der Waals surface area contributed by atoms with Crippen LogP contribution in [0.1, 0.15) is 12.8 Å². The van der Waals surface area contributed by atoms with Crippen LogP contribution < -0.4 is 10.2 Å². The molecule has 6 heteroatoms. The molecule has 1 N–H and O–H groups in total. The van der Waals surface area contributed by atoms with Crippen molar-refractivity contribution < 1.29 is 9.59 Å². The molecule has 118 valence electrons. The molecule has 2 heterocycles. The van der Waals surface area contributed by atoms with Crippen LogP contribution in [0.4, 0.5) is 5.69 Å². The molecule has 1 aromatic rings. The average Bonchev–Trinajstić information content (AvgIpc) is 2.73. The van der Waals surface area contributed by atoms with E-state index in [4.69, 9.17) is 0 Å². The standard InChI is InChI=1S/C16H20BrN3O2/c17-13-3-1-4-14(10-13)20-11-12(9-15(20)21)16(22)19-7-2-5-18-6-8-19/h1,3-4,10,12,18H,2,5-9,11H2. The Kier molecular flexibility index (Phi) is 4.78. The van der Waals surface area contributed by atoms with E-state index < -0.39 is 0 Å². The van der Waals surface area contributed by atoms with E-state index in [1.54, 1.807) is 4.90 Å². The van der Waals surface area contributed by atoms with Gasteiger partial charge in [0.2, 0.25) is 11.8 Å². The Balaban J connectivity index is 1.69. The molecule has 5 nitrogen and oxygen atoms in total. The fourth-order valence-corrected chi connectivity index (χ4v) is 3.48. The zero-order valence-corrected chi connectivity index (χ0v) is 14.0. The molecule has 2 amide bonds. The summed E-state index contributed by atoms with van der Waals surface area (Å²) in [7, 11) is 0. The summed E-state index contributed by atoms with van der Waals surface area (Å²) in [5.74, 6) is -0.0662. The summed E-state index contributed by atoms with van der Waals surface area (Å²) < 4.78 is 0.936. The van der Waals surface area contributed by atoms with Gasteiger partial charge in [-0.15, -0.1) is 0 Å². The molecule has 3 rings (SSSR count). The van der Waals surface area contributed by atoms with Gasteiger partial charge in [-0.05, 0) is 31.2 Å². The molecule has 1 atom stereocenters. The first kappa shape index (κ1) is 15.5. The zero-order valence-electron chi connectivity index (χ0n) is 12.4. The minimum atomic E-state index is -0.218. The van der Waals surface area contributed by atoms with Crippen molar-refractivity contribution in [2.24, 2.45) is 5.92 Å². The Bertz CT molecular complexity index is 570. The molecule has 2 aliphatic heterocycles. The molecule has 1 aromatic carbocycles. The molecule has 2 saturated heterocycles. The second kappa shape index (κ2) is 6.79. The largest absolute Gasteiger partial charge is 0.341 e. The van der Waals surface area contributed by atoms with Gasteiger partial charge in [0.1, 0.15) is 0 Å². The summed E-state index contributed by atoms with van der Waals surface area (Å²) in [5, 5.41) is 3.30. The smallest absolute Gasteiger partial charge is 0.228 e. The lowest BCUT2D eigenvalue weighted by molar-refractivity contribution is -0.135. The third-order valence-electron chi connectivity index (χ3n) is 4.25. The Hall–Kier alpha value is -1.40. The SMILES string of the molecule is O=C(C1CC(=O)N(c2cccc(Br)c2)C1)N1CCCNCC1. The Labute approximate surface area is 138 Å². The van der Waals surface area contributed by atoms with Crippen LogP contribution in [0.25, 0.3) is 0 Å². The molecule has 1 unspecified atom stereocenters. The normalized spacial score (nSPS) is 22.8. The van der Waals surface area contributed by atoms with Gasteiger partial charge in [-0.1, -0.05) is 22.0 Å². The van der Waals surface area contributed by atoms with Crippen molar-refractivity contribution in [3.8, 4) is 0 Å². The monoisotopic (exact) mass is 365 g/mol. The first-order chi connectivity index (χ1) is 10.6. The number of anilines is 1. The lowest BCUT2D eigenvalue weighted by Crippen LogP contribution is -2.39. The molecule has 2 aliphatic rings. The summed E-state index contributed by atoms with van der Waals surface area (Å²) in [6, 6.07) is 7.66. The lowest BCUT2D eigenvalue weighted by Gasteiger charge is -2.23. The van der Waals surface area contributed by atoms with Crippen molar-refractivity contribution in [2.45, 2.75) is 12.8 Å². The number of amides is 2. The molecular weight excluding hydrogens is 346 g/mol. The number of rotatable bonds is 2. The second-order valence-electron chi connectivity index (χ2n) is 5.81. The van der Waals surface area contributed by atoms with Gasteiger partial charge in [0, 0.05) is 42.8 Å². The summed E-state index contributed by atoms with van der Waals surface area (Å²) >= 11 is 3.42. The maximum Gasteiger partial charge on any atom is 0.228 e. The molecule has 0 spiro atoms. The minimum Gasteiger partial charge on any atom is -0.341 e. The van der Waals surface area contributed by atoms with Crippen molar-refractivity contribution in [3.63, 3.8) is 0 Å². The highest BCUT2D eigenvalue weighted by atomic mass is 79.9. The van der Waals surface area contributed by atoms with Crippen molar-refractivity contribution in [1.82, 2.24) is 10.2 Å². The van der Waals surface area contributed by atoms with Gasteiger partial charge in [-0.2, -0.15) is 0 Å². The molecule has 0 bridgehead atoms. The number of nitrogens with one attached hydrogen (secondary N) is 1. The van der Waals surface area contributed by atoms with Crippen molar-refractivity contribution in [1.29, 1.82) is 0 Å². The lowest BCUT2D eigenvalue weighted by atomic mass is 10.1. The fourth-order valence-electron chi connectivity index (χ4n) is 3.09. The molecular formula is C16H20BrN3O2. The van der Waals surface area contributed by atoms with Crippen LogP contribution in [0.5, 0.6) is 0 Å². The summed E-state index contributed by atoms with van der Waals surface area (Å²) in [6.07, 6.45) is 1.29. The Morgan fingerprint density at radius 3 is 2.95 bits per heavy atom. The Morgan fingerprint density at radius 1 is 1.27 bits per heavy atom. The number of carbonyl (C=O) groups is 2. The maximum absolute atomic E-state index is 12.7. The topological polar surface area (TPSA) is 52.7 Å². The summed E-state index contributed by atoms with van der Waals surface area (Å²) in [6.45, 7) is 3.80. The van der Waals surface area contributed by atoms with Crippen LogP contribution in [-0.4, -0.2) is 49.4 Å².